The Kier molecular flexibility index (Phi) is 7.38. The first-order chi connectivity index (χ1) is 16.3. The van der Waals surface area contributed by atoms with Crippen molar-refractivity contribution in [2.45, 2.75) is 51.4 Å². The number of nitrogens with zero attached hydrogens (tertiary/aromatic N) is 2. The third-order valence-corrected chi connectivity index (χ3v) is 7.06. The molecular weight excluding hydrogens is 451 g/mol. The van der Waals surface area contributed by atoms with Gasteiger partial charge in [0, 0.05) is 38.2 Å². The normalized spacial score (nSPS) is 19.7. The lowest BCUT2D eigenvalue weighted by Crippen LogP contribution is -2.59. The predicted octanol–water partition coefficient (Wildman–Crippen LogP) is 4.37. The quantitative estimate of drug-likeness (QED) is 0.594. The second-order valence-electron chi connectivity index (χ2n) is 9.55. The second-order valence-corrected chi connectivity index (χ2v) is 9.94. The van der Waals surface area contributed by atoms with Gasteiger partial charge in [0.05, 0.1) is 18.8 Å². The Morgan fingerprint density at radius 1 is 1.18 bits per heavy atom. The largest absolute Gasteiger partial charge is 0.497 e. The van der Waals surface area contributed by atoms with Gasteiger partial charge in [0.1, 0.15) is 11.6 Å². The second kappa shape index (κ2) is 10.3. The molecule has 0 bridgehead atoms. The fourth-order valence-corrected chi connectivity index (χ4v) is 5.17. The SMILES string of the molecule is COc1ccc(NC(=S)N2CCC3(CC2)N[C@@H](CC(C)C)C(=O)N3Cc2ccc(F)cc2)cc1. The summed E-state index contributed by atoms with van der Waals surface area (Å²) in [4.78, 5) is 17.6. The number of ether oxygens (including phenoxy) is 1. The van der Waals surface area contributed by atoms with Crippen LogP contribution in [-0.4, -0.2) is 52.7 Å². The number of thiocarbonyl (C=S) groups is 1. The van der Waals surface area contributed by atoms with Crippen LogP contribution in [0.1, 0.15) is 38.7 Å². The molecule has 2 fully saturated rings. The highest BCUT2D eigenvalue weighted by atomic mass is 32.1. The highest BCUT2D eigenvalue weighted by Gasteiger charge is 2.51. The van der Waals surface area contributed by atoms with Crippen molar-refractivity contribution >= 4 is 28.9 Å². The Bertz CT molecular complexity index is 1000. The van der Waals surface area contributed by atoms with Gasteiger partial charge in [-0.25, -0.2) is 4.39 Å². The van der Waals surface area contributed by atoms with E-state index in [4.69, 9.17) is 17.0 Å². The lowest BCUT2D eigenvalue weighted by molar-refractivity contribution is -0.134. The zero-order valence-corrected chi connectivity index (χ0v) is 20.8. The summed E-state index contributed by atoms with van der Waals surface area (Å²) < 4.78 is 18.6. The van der Waals surface area contributed by atoms with Crippen LogP contribution in [0.5, 0.6) is 5.75 Å². The molecule has 2 N–H and O–H groups in total. The average molecular weight is 485 g/mol. The molecule has 6 nitrogen and oxygen atoms in total. The maximum atomic E-state index is 13.4. The third-order valence-electron chi connectivity index (χ3n) is 6.70. The number of hydrogen-bond acceptors (Lipinski definition) is 4. The Morgan fingerprint density at radius 3 is 2.41 bits per heavy atom. The molecule has 2 heterocycles. The van der Waals surface area contributed by atoms with Crippen LogP contribution in [-0.2, 0) is 11.3 Å². The topological polar surface area (TPSA) is 56.8 Å². The summed E-state index contributed by atoms with van der Waals surface area (Å²) in [6.45, 7) is 6.20. The van der Waals surface area contributed by atoms with E-state index in [9.17, 15) is 9.18 Å². The number of halogens is 1. The number of amides is 1. The molecule has 1 spiro atoms. The number of rotatable bonds is 6. The van der Waals surface area contributed by atoms with Crippen LogP contribution in [0, 0.1) is 11.7 Å². The number of carbonyl (C=O) groups excluding carboxylic acids is 1. The smallest absolute Gasteiger partial charge is 0.241 e. The summed E-state index contributed by atoms with van der Waals surface area (Å²) in [5, 5.41) is 7.67. The minimum atomic E-state index is -0.419. The summed E-state index contributed by atoms with van der Waals surface area (Å²) in [7, 11) is 1.64. The van der Waals surface area contributed by atoms with Crippen LogP contribution in [0.15, 0.2) is 48.5 Å². The minimum absolute atomic E-state index is 0.130. The lowest BCUT2D eigenvalue weighted by atomic mass is 9.95. The third kappa shape index (κ3) is 5.33. The Labute approximate surface area is 206 Å². The van der Waals surface area contributed by atoms with Crippen LogP contribution in [0.3, 0.4) is 0 Å². The fourth-order valence-electron chi connectivity index (χ4n) is 4.87. The fraction of sp³-hybridized carbons (Fsp3) is 0.462. The number of nitrogens with one attached hydrogen (secondary N) is 2. The molecule has 182 valence electrons. The van der Waals surface area contributed by atoms with Crippen LogP contribution >= 0.6 is 12.2 Å². The van der Waals surface area contributed by atoms with Gasteiger partial charge in [-0.3, -0.25) is 10.1 Å². The van der Waals surface area contributed by atoms with E-state index in [1.54, 1.807) is 19.2 Å². The van der Waals surface area contributed by atoms with E-state index in [1.807, 2.05) is 29.2 Å². The van der Waals surface area contributed by atoms with Gasteiger partial charge in [-0.05, 0) is 66.5 Å². The first kappa shape index (κ1) is 24.4. The molecule has 2 saturated heterocycles. The number of anilines is 1. The first-order valence-corrected chi connectivity index (χ1v) is 12.2. The van der Waals surface area contributed by atoms with Crippen molar-refractivity contribution in [2.75, 3.05) is 25.5 Å². The molecule has 1 atom stereocenters. The molecule has 2 aliphatic rings. The molecule has 0 aliphatic carbocycles. The van der Waals surface area contributed by atoms with E-state index in [2.05, 4.69) is 29.4 Å². The van der Waals surface area contributed by atoms with Crippen molar-refractivity contribution in [2.24, 2.45) is 5.92 Å². The van der Waals surface area contributed by atoms with Crippen molar-refractivity contribution in [3.63, 3.8) is 0 Å². The predicted molar refractivity (Wildman–Crippen MR) is 136 cm³/mol. The number of piperidine rings is 1. The molecule has 2 aliphatic heterocycles. The Hall–Kier alpha value is -2.71. The summed E-state index contributed by atoms with van der Waals surface area (Å²) >= 11 is 5.68. The number of benzene rings is 2. The molecule has 0 aromatic heterocycles. The van der Waals surface area contributed by atoms with Gasteiger partial charge in [-0.2, -0.15) is 0 Å². The van der Waals surface area contributed by atoms with Gasteiger partial charge in [0.15, 0.2) is 5.11 Å². The molecule has 4 rings (SSSR count). The molecular formula is C26H33FN4O2S. The van der Waals surface area contributed by atoms with Crippen molar-refractivity contribution in [3.8, 4) is 5.75 Å². The van der Waals surface area contributed by atoms with E-state index >= 15 is 0 Å². The highest BCUT2D eigenvalue weighted by molar-refractivity contribution is 7.80. The van der Waals surface area contributed by atoms with Gasteiger partial charge in [-0.15, -0.1) is 0 Å². The molecule has 0 saturated carbocycles. The highest BCUT2D eigenvalue weighted by Crippen LogP contribution is 2.35. The van der Waals surface area contributed by atoms with E-state index in [0.717, 1.165) is 49.4 Å². The number of carbonyl (C=O) groups is 1. The van der Waals surface area contributed by atoms with Crippen molar-refractivity contribution in [1.29, 1.82) is 0 Å². The van der Waals surface area contributed by atoms with Crippen LogP contribution in [0.25, 0.3) is 0 Å². The van der Waals surface area contributed by atoms with Gasteiger partial charge >= 0.3 is 0 Å². The molecule has 2 aromatic rings. The van der Waals surface area contributed by atoms with E-state index in [0.29, 0.717) is 17.6 Å². The maximum Gasteiger partial charge on any atom is 0.241 e. The summed E-state index contributed by atoms with van der Waals surface area (Å²) in [6, 6.07) is 13.9. The van der Waals surface area contributed by atoms with Crippen LogP contribution in [0.4, 0.5) is 10.1 Å². The van der Waals surface area contributed by atoms with Gasteiger partial charge in [0.25, 0.3) is 0 Å². The van der Waals surface area contributed by atoms with E-state index in [1.165, 1.54) is 12.1 Å². The van der Waals surface area contributed by atoms with E-state index < -0.39 is 5.66 Å². The van der Waals surface area contributed by atoms with E-state index in [-0.39, 0.29) is 17.8 Å². The minimum Gasteiger partial charge on any atom is -0.497 e. The van der Waals surface area contributed by atoms with Crippen molar-refractivity contribution in [3.05, 3.63) is 59.9 Å². The average Bonchev–Trinajstić information content (AvgIpc) is 3.06. The summed E-state index contributed by atoms with van der Waals surface area (Å²) in [6.07, 6.45) is 2.32. The number of likely N-dealkylation sites (tertiary alicyclic amines) is 1. The van der Waals surface area contributed by atoms with Crippen molar-refractivity contribution in [1.82, 2.24) is 15.1 Å². The van der Waals surface area contributed by atoms with Gasteiger partial charge < -0.3 is 19.9 Å². The van der Waals surface area contributed by atoms with Crippen LogP contribution < -0.4 is 15.4 Å². The molecule has 0 unspecified atom stereocenters. The van der Waals surface area contributed by atoms with Crippen LogP contribution in [0.2, 0.25) is 0 Å². The summed E-state index contributed by atoms with van der Waals surface area (Å²) in [5.41, 5.74) is 1.42. The van der Waals surface area contributed by atoms with Crippen molar-refractivity contribution < 1.29 is 13.9 Å². The lowest BCUT2D eigenvalue weighted by Gasteiger charge is -2.45. The standard InChI is InChI=1S/C26H33FN4O2S/c1-18(2)16-23-24(32)31(17-19-4-6-20(27)7-5-19)26(29-23)12-14-30(15-13-26)25(34)28-21-8-10-22(33-3)11-9-21/h4-11,18,23,29H,12-17H2,1-3H3,(H,28,34)/t23-/m0/s1. The zero-order valence-electron chi connectivity index (χ0n) is 20.0. The molecule has 0 radical (unpaired) electrons. The maximum absolute atomic E-state index is 13.4. The first-order valence-electron chi connectivity index (χ1n) is 11.8. The monoisotopic (exact) mass is 484 g/mol. The zero-order chi connectivity index (χ0) is 24.3. The molecule has 2 aromatic carbocycles. The number of methoxy groups -OCH3 is 1. The molecule has 8 heteroatoms. The Balaban J connectivity index is 1.45. The number of hydrogen-bond donors (Lipinski definition) is 2. The summed E-state index contributed by atoms with van der Waals surface area (Å²) in [5.74, 6) is 1.06. The van der Waals surface area contributed by atoms with Gasteiger partial charge in [0.2, 0.25) is 5.91 Å². The Morgan fingerprint density at radius 2 is 1.82 bits per heavy atom. The molecule has 1 amide bonds. The van der Waals surface area contributed by atoms with Gasteiger partial charge in [-0.1, -0.05) is 26.0 Å². The molecule has 34 heavy (non-hydrogen) atoms.